The summed E-state index contributed by atoms with van der Waals surface area (Å²) in [6, 6.07) is 5.54. The third kappa shape index (κ3) is 2.51. The Hall–Kier alpha value is -0.960. The van der Waals surface area contributed by atoms with Gasteiger partial charge in [0.25, 0.3) is 0 Å². The molecule has 0 atom stereocenters. The fourth-order valence-corrected chi connectivity index (χ4v) is 2.05. The minimum atomic E-state index is -0.838. The molecule has 1 rings (SSSR count). The molecule has 1 aromatic rings. The van der Waals surface area contributed by atoms with Crippen molar-refractivity contribution in [3.8, 4) is 0 Å². The Balaban J connectivity index is 3.05. The lowest BCUT2D eigenvalue weighted by atomic mass is 10.1. The Morgan fingerprint density at radius 3 is 2.64 bits per heavy atom. The SMILES string of the molecule is CCSc1ccc(C(=O)O)c(CC)c1. The van der Waals surface area contributed by atoms with Gasteiger partial charge in [-0.05, 0) is 35.9 Å². The molecule has 0 unspecified atom stereocenters. The lowest BCUT2D eigenvalue weighted by molar-refractivity contribution is 0.0695. The molecule has 0 aliphatic carbocycles. The number of aromatic carboxylic acids is 1. The smallest absolute Gasteiger partial charge is 0.335 e. The molecular formula is C11H14O2S. The third-order valence-electron chi connectivity index (χ3n) is 2.00. The zero-order valence-electron chi connectivity index (χ0n) is 8.41. The molecule has 0 aliphatic rings. The molecule has 0 heterocycles. The van der Waals surface area contributed by atoms with Crippen LogP contribution in [0.4, 0.5) is 0 Å². The van der Waals surface area contributed by atoms with Crippen molar-refractivity contribution < 1.29 is 9.90 Å². The lowest BCUT2D eigenvalue weighted by Crippen LogP contribution is -2.01. The zero-order valence-corrected chi connectivity index (χ0v) is 9.23. The van der Waals surface area contributed by atoms with Crippen molar-refractivity contribution >= 4 is 17.7 Å². The van der Waals surface area contributed by atoms with Crippen molar-refractivity contribution in [3.05, 3.63) is 29.3 Å². The molecule has 14 heavy (non-hydrogen) atoms. The van der Waals surface area contributed by atoms with E-state index in [1.807, 2.05) is 19.1 Å². The van der Waals surface area contributed by atoms with Crippen molar-refractivity contribution in [1.82, 2.24) is 0 Å². The maximum absolute atomic E-state index is 10.8. The highest BCUT2D eigenvalue weighted by molar-refractivity contribution is 7.99. The minimum absolute atomic E-state index is 0.424. The van der Waals surface area contributed by atoms with Crippen molar-refractivity contribution in [2.45, 2.75) is 25.2 Å². The number of aryl methyl sites for hydroxylation is 1. The predicted octanol–water partition coefficient (Wildman–Crippen LogP) is 3.06. The molecule has 0 spiro atoms. The molecular weight excluding hydrogens is 196 g/mol. The second-order valence-electron chi connectivity index (χ2n) is 2.91. The highest BCUT2D eigenvalue weighted by Crippen LogP contribution is 2.21. The number of benzene rings is 1. The first-order chi connectivity index (χ1) is 6.69. The molecule has 76 valence electrons. The summed E-state index contributed by atoms with van der Waals surface area (Å²) in [7, 11) is 0. The van der Waals surface area contributed by atoms with Crippen molar-refractivity contribution in [2.24, 2.45) is 0 Å². The van der Waals surface area contributed by atoms with Crippen LogP contribution in [0.1, 0.15) is 29.8 Å². The summed E-state index contributed by atoms with van der Waals surface area (Å²) in [5, 5.41) is 8.91. The molecule has 0 fully saturated rings. The van der Waals surface area contributed by atoms with Crippen LogP contribution >= 0.6 is 11.8 Å². The number of hydrogen-bond acceptors (Lipinski definition) is 2. The lowest BCUT2D eigenvalue weighted by Gasteiger charge is -2.05. The molecule has 0 aromatic heterocycles. The molecule has 0 aliphatic heterocycles. The van der Waals surface area contributed by atoms with Crippen LogP contribution < -0.4 is 0 Å². The molecule has 3 heteroatoms. The number of carboxylic acids is 1. The summed E-state index contributed by atoms with van der Waals surface area (Å²) in [5.41, 5.74) is 1.34. The van der Waals surface area contributed by atoms with Crippen LogP contribution in [0.15, 0.2) is 23.1 Å². The van der Waals surface area contributed by atoms with Crippen LogP contribution in [0.3, 0.4) is 0 Å². The fraction of sp³-hybridized carbons (Fsp3) is 0.364. The van der Waals surface area contributed by atoms with E-state index in [9.17, 15) is 4.79 Å². The Bertz CT molecular complexity index is 334. The Labute approximate surface area is 88.3 Å². The Morgan fingerprint density at radius 2 is 2.14 bits per heavy atom. The van der Waals surface area contributed by atoms with E-state index < -0.39 is 5.97 Å². The van der Waals surface area contributed by atoms with Gasteiger partial charge in [-0.3, -0.25) is 0 Å². The normalized spacial score (nSPS) is 10.1. The van der Waals surface area contributed by atoms with Crippen LogP contribution in [-0.4, -0.2) is 16.8 Å². The van der Waals surface area contributed by atoms with Crippen molar-refractivity contribution in [3.63, 3.8) is 0 Å². The molecule has 0 saturated heterocycles. The van der Waals surface area contributed by atoms with Crippen LogP contribution in [0.25, 0.3) is 0 Å². The summed E-state index contributed by atoms with van der Waals surface area (Å²) < 4.78 is 0. The van der Waals surface area contributed by atoms with E-state index in [1.165, 1.54) is 0 Å². The summed E-state index contributed by atoms with van der Waals surface area (Å²) in [4.78, 5) is 12.0. The van der Waals surface area contributed by atoms with Crippen LogP contribution in [0.2, 0.25) is 0 Å². The number of rotatable bonds is 4. The van der Waals surface area contributed by atoms with E-state index in [4.69, 9.17) is 5.11 Å². The van der Waals surface area contributed by atoms with E-state index in [-0.39, 0.29) is 0 Å². The molecule has 1 N–H and O–H groups in total. The van der Waals surface area contributed by atoms with Gasteiger partial charge in [-0.25, -0.2) is 4.79 Å². The maximum atomic E-state index is 10.8. The monoisotopic (exact) mass is 210 g/mol. The molecule has 0 amide bonds. The highest BCUT2D eigenvalue weighted by atomic mass is 32.2. The zero-order chi connectivity index (χ0) is 10.6. The standard InChI is InChI=1S/C11H14O2S/c1-3-8-7-9(14-4-2)5-6-10(8)11(12)13/h5-7H,3-4H2,1-2H3,(H,12,13). The predicted molar refractivity (Wildman–Crippen MR) is 59.2 cm³/mol. The molecule has 0 bridgehead atoms. The quantitative estimate of drug-likeness (QED) is 0.776. The minimum Gasteiger partial charge on any atom is -0.478 e. The van der Waals surface area contributed by atoms with Crippen molar-refractivity contribution in [2.75, 3.05) is 5.75 Å². The third-order valence-corrected chi connectivity index (χ3v) is 2.87. The summed E-state index contributed by atoms with van der Waals surface area (Å²) in [6.07, 6.45) is 0.764. The van der Waals surface area contributed by atoms with Gasteiger partial charge in [0.05, 0.1) is 5.56 Å². The van der Waals surface area contributed by atoms with Gasteiger partial charge in [-0.2, -0.15) is 0 Å². The van der Waals surface area contributed by atoms with Gasteiger partial charge >= 0.3 is 5.97 Å². The van der Waals surface area contributed by atoms with Crippen molar-refractivity contribution in [1.29, 1.82) is 0 Å². The largest absolute Gasteiger partial charge is 0.478 e. The van der Waals surface area contributed by atoms with E-state index in [2.05, 4.69) is 6.92 Å². The van der Waals surface area contributed by atoms with Crippen LogP contribution in [-0.2, 0) is 6.42 Å². The first kappa shape index (κ1) is 11.1. The molecule has 0 saturated carbocycles. The van der Waals surface area contributed by atoms with Crippen LogP contribution in [0, 0.1) is 0 Å². The molecule has 0 radical (unpaired) electrons. The highest BCUT2D eigenvalue weighted by Gasteiger charge is 2.08. The number of carboxylic acid groups (broad SMARTS) is 1. The first-order valence-electron chi connectivity index (χ1n) is 4.68. The average molecular weight is 210 g/mol. The topological polar surface area (TPSA) is 37.3 Å². The fourth-order valence-electron chi connectivity index (χ4n) is 1.33. The Morgan fingerprint density at radius 1 is 1.43 bits per heavy atom. The summed E-state index contributed by atoms with van der Waals surface area (Å²) in [5.74, 6) is 0.171. The second kappa shape index (κ2) is 5.05. The van der Waals surface area contributed by atoms with Gasteiger partial charge in [0, 0.05) is 4.90 Å². The van der Waals surface area contributed by atoms with Gasteiger partial charge in [-0.1, -0.05) is 13.8 Å². The van der Waals surface area contributed by atoms with E-state index in [0.717, 1.165) is 22.6 Å². The van der Waals surface area contributed by atoms with Gasteiger partial charge in [-0.15, -0.1) is 11.8 Å². The van der Waals surface area contributed by atoms with E-state index in [0.29, 0.717) is 5.56 Å². The van der Waals surface area contributed by atoms with Gasteiger partial charge in [0.2, 0.25) is 0 Å². The number of hydrogen-bond donors (Lipinski definition) is 1. The van der Waals surface area contributed by atoms with E-state index in [1.54, 1.807) is 17.8 Å². The summed E-state index contributed by atoms with van der Waals surface area (Å²) in [6.45, 7) is 4.06. The summed E-state index contributed by atoms with van der Waals surface area (Å²) >= 11 is 1.73. The average Bonchev–Trinajstić information content (AvgIpc) is 2.17. The first-order valence-corrected chi connectivity index (χ1v) is 5.66. The van der Waals surface area contributed by atoms with Gasteiger partial charge in [0.15, 0.2) is 0 Å². The molecule has 2 nitrogen and oxygen atoms in total. The number of thioether (sulfide) groups is 1. The van der Waals surface area contributed by atoms with Crippen LogP contribution in [0.5, 0.6) is 0 Å². The second-order valence-corrected chi connectivity index (χ2v) is 4.25. The van der Waals surface area contributed by atoms with Gasteiger partial charge < -0.3 is 5.11 Å². The number of carbonyl (C=O) groups is 1. The van der Waals surface area contributed by atoms with E-state index >= 15 is 0 Å². The van der Waals surface area contributed by atoms with Gasteiger partial charge in [0.1, 0.15) is 0 Å². The maximum Gasteiger partial charge on any atom is 0.335 e. The molecule has 1 aromatic carbocycles. The Kier molecular flexibility index (Phi) is 4.01.